The lowest BCUT2D eigenvalue weighted by Crippen LogP contribution is -1.33. The highest BCUT2D eigenvalue weighted by atomic mass is 35.5. The van der Waals surface area contributed by atoms with Crippen LogP contribution < -0.4 is 0 Å². The first-order valence-electron chi connectivity index (χ1n) is 1.46. The lowest BCUT2D eigenvalue weighted by molar-refractivity contribution is 0.426. The Morgan fingerprint density at radius 3 is 1.12 bits per heavy atom. The van der Waals surface area contributed by atoms with Crippen molar-refractivity contribution in [3.05, 3.63) is 24.5 Å². The molecule has 0 fully saturated rings. The Labute approximate surface area is 50.3 Å². The summed E-state index contributed by atoms with van der Waals surface area (Å²) in [5, 5.41) is -0.861. The fourth-order valence-corrected chi connectivity index (χ4v) is 0. The second-order valence-corrected chi connectivity index (χ2v) is 1.09. The van der Waals surface area contributed by atoms with E-state index in [9.17, 15) is 13.2 Å². The van der Waals surface area contributed by atoms with Gasteiger partial charge in [0.05, 0.1) is 0 Å². The van der Waals surface area contributed by atoms with E-state index in [1.165, 1.54) is 0 Å². The standard InChI is InChI=1S/C2H2ClF.C2H2F2/c2*1-2(3)4/h2*1H2. The normalized spacial score (nSPS) is 6.50. The fourth-order valence-electron chi connectivity index (χ4n) is 0. The van der Waals surface area contributed by atoms with E-state index in [1.807, 2.05) is 0 Å². The Morgan fingerprint density at radius 2 is 1.12 bits per heavy atom. The molecule has 0 aliphatic heterocycles. The van der Waals surface area contributed by atoms with E-state index in [0.29, 0.717) is 0 Å². The fraction of sp³-hybridized carbons (Fsp3) is 0. The lowest BCUT2D eigenvalue weighted by Gasteiger charge is -1.55. The number of hydrogen-bond donors (Lipinski definition) is 0. The zero-order chi connectivity index (χ0) is 7.15. The summed E-state index contributed by atoms with van der Waals surface area (Å²) in [6.07, 6.45) is -1.83. The molecule has 0 aliphatic rings. The van der Waals surface area contributed by atoms with Crippen molar-refractivity contribution in [2.45, 2.75) is 0 Å². The summed E-state index contributed by atoms with van der Waals surface area (Å²) in [6, 6.07) is 0. The molecule has 0 N–H and O–H groups in total. The molecule has 0 aromatic carbocycles. The first-order chi connectivity index (χ1) is 3.46. The first kappa shape index (κ1) is 10.5. The van der Waals surface area contributed by atoms with Crippen molar-refractivity contribution in [2.75, 3.05) is 0 Å². The van der Waals surface area contributed by atoms with Gasteiger partial charge >= 0.3 is 0 Å². The summed E-state index contributed by atoms with van der Waals surface area (Å²) in [5.41, 5.74) is 0. The SMILES string of the molecule is C=C(F)Cl.C=C(F)F. The van der Waals surface area contributed by atoms with E-state index in [4.69, 9.17) is 0 Å². The van der Waals surface area contributed by atoms with Gasteiger partial charge in [-0.25, -0.2) is 0 Å². The maximum atomic E-state index is 10.6. The molecule has 0 heterocycles. The Kier molecular flexibility index (Phi) is 8.63. The smallest absolute Gasteiger partial charge is 0.194 e. The lowest BCUT2D eigenvalue weighted by atomic mass is 11.2. The van der Waals surface area contributed by atoms with Gasteiger partial charge in [-0.05, 0) is 6.58 Å². The molecule has 0 aromatic heterocycles. The molecule has 0 saturated heterocycles. The van der Waals surface area contributed by atoms with Crippen molar-refractivity contribution in [3.63, 3.8) is 0 Å². The number of halogens is 4. The third kappa shape index (κ3) is 597. The van der Waals surface area contributed by atoms with Gasteiger partial charge in [-0.1, -0.05) is 18.2 Å². The Balaban J connectivity index is 0. The molecule has 0 radical (unpaired) electrons. The van der Waals surface area contributed by atoms with Gasteiger partial charge in [-0.15, -0.1) is 0 Å². The van der Waals surface area contributed by atoms with Crippen molar-refractivity contribution in [1.82, 2.24) is 0 Å². The van der Waals surface area contributed by atoms with Gasteiger partial charge in [0.2, 0.25) is 0 Å². The van der Waals surface area contributed by atoms with Crippen molar-refractivity contribution < 1.29 is 13.2 Å². The van der Waals surface area contributed by atoms with Gasteiger partial charge in [0, 0.05) is 0 Å². The minimum atomic E-state index is -1.83. The predicted octanol–water partition coefficient (Wildman–Crippen LogP) is 3.06. The molecule has 0 aliphatic carbocycles. The van der Waals surface area contributed by atoms with Crippen LogP contribution in [0.25, 0.3) is 0 Å². The van der Waals surface area contributed by atoms with E-state index in [2.05, 4.69) is 24.8 Å². The zero-order valence-corrected chi connectivity index (χ0v) is 4.68. The van der Waals surface area contributed by atoms with Gasteiger partial charge in [-0.2, -0.15) is 13.2 Å². The maximum absolute atomic E-state index is 10.6. The summed E-state index contributed by atoms with van der Waals surface area (Å²) < 4.78 is 30.8. The van der Waals surface area contributed by atoms with Crippen molar-refractivity contribution in [3.8, 4) is 0 Å². The van der Waals surface area contributed by atoms with Crippen LogP contribution in [0.5, 0.6) is 0 Å². The molecule has 0 saturated carbocycles. The first-order valence-corrected chi connectivity index (χ1v) is 1.84. The molecule has 0 atom stereocenters. The third-order valence-corrected chi connectivity index (χ3v) is 0. The monoisotopic (exact) mass is 144 g/mol. The topological polar surface area (TPSA) is 0 Å². The van der Waals surface area contributed by atoms with Gasteiger partial charge in [0.15, 0.2) is 5.29 Å². The Morgan fingerprint density at radius 1 is 1.12 bits per heavy atom. The molecule has 8 heavy (non-hydrogen) atoms. The maximum Gasteiger partial charge on any atom is 0.263 e. The highest BCUT2D eigenvalue weighted by Crippen LogP contribution is 1.92. The number of hydrogen-bond acceptors (Lipinski definition) is 0. The molecule has 0 amide bonds. The Hall–Kier alpha value is -0.440. The van der Waals surface area contributed by atoms with E-state index in [-0.39, 0.29) is 0 Å². The Bertz CT molecular complexity index is 69.3. The molecular weight excluding hydrogens is 140 g/mol. The average Bonchev–Trinajstić information content (AvgIpc) is 1.25. The molecule has 0 aromatic rings. The van der Waals surface area contributed by atoms with Crippen LogP contribution in [0.15, 0.2) is 24.5 Å². The summed E-state index contributed by atoms with van der Waals surface area (Å²) in [5.74, 6) is 0. The van der Waals surface area contributed by atoms with Crippen LogP contribution >= 0.6 is 11.6 Å². The highest BCUT2D eigenvalue weighted by Gasteiger charge is 1.65. The summed E-state index contributed by atoms with van der Waals surface area (Å²) in [7, 11) is 0. The largest absolute Gasteiger partial charge is 0.263 e. The molecule has 0 rings (SSSR count). The molecule has 48 valence electrons. The van der Waals surface area contributed by atoms with E-state index >= 15 is 0 Å². The second kappa shape index (κ2) is 6.56. The van der Waals surface area contributed by atoms with Crippen LogP contribution in [-0.4, -0.2) is 0 Å². The van der Waals surface area contributed by atoms with Gasteiger partial charge < -0.3 is 0 Å². The van der Waals surface area contributed by atoms with E-state index < -0.39 is 11.4 Å². The van der Waals surface area contributed by atoms with Crippen LogP contribution in [0.4, 0.5) is 13.2 Å². The molecular formula is C4H4ClF3. The molecule has 0 nitrogen and oxygen atoms in total. The molecule has 0 spiro atoms. The quantitative estimate of drug-likeness (QED) is 0.490. The second-order valence-electron chi connectivity index (χ2n) is 0.677. The predicted molar refractivity (Wildman–Crippen MR) is 27.5 cm³/mol. The third-order valence-electron chi connectivity index (χ3n) is 0. The van der Waals surface area contributed by atoms with Crippen molar-refractivity contribution in [1.29, 1.82) is 0 Å². The van der Waals surface area contributed by atoms with Gasteiger partial charge in [-0.3, -0.25) is 0 Å². The van der Waals surface area contributed by atoms with Gasteiger partial charge in [0.25, 0.3) is 6.08 Å². The summed E-state index contributed by atoms with van der Waals surface area (Å²) in [4.78, 5) is 0. The molecule has 0 bridgehead atoms. The van der Waals surface area contributed by atoms with Crippen LogP contribution in [0.1, 0.15) is 0 Å². The number of rotatable bonds is 0. The van der Waals surface area contributed by atoms with E-state index in [0.717, 1.165) is 0 Å². The van der Waals surface area contributed by atoms with Gasteiger partial charge in [0.1, 0.15) is 0 Å². The summed E-state index contributed by atoms with van der Waals surface area (Å²) >= 11 is 4.41. The van der Waals surface area contributed by atoms with E-state index in [1.54, 1.807) is 0 Å². The van der Waals surface area contributed by atoms with Crippen LogP contribution in [-0.2, 0) is 0 Å². The molecule has 4 heteroatoms. The van der Waals surface area contributed by atoms with Crippen LogP contribution in [0, 0.1) is 0 Å². The zero-order valence-electron chi connectivity index (χ0n) is 3.93. The average molecular weight is 145 g/mol. The minimum absolute atomic E-state index is 0.861. The minimum Gasteiger partial charge on any atom is -0.194 e. The molecule has 0 unspecified atom stereocenters. The highest BCUT2D eigenvalue weighted by molar-refractivity contribution is 6.27. The summed E-state index contributed by atoms with van der Waals surface area (Å²) in [6.45, 7) is 4.88. The van der Waals surface area contributed by atoms with Crippen molar-refractivity contribution >= 4 is 11.6 Å². The van der Waals surface area contributed by atoms with Crippen LogP contribution in [0.2, 0.25) is 0 Å². The van der Waals surface area contributed by atoms with Crippen molar-refractivity contribution in [2.24, 2.45) is 0 Å². The van der Waals surface area contributed by atoms with Crippen LogP contribution in [0.3, 0.4) is 0 Å².